The minimum atomic E-state index is -4.55. The summed E-state index contributed by atoms with van der Waals surface area (Å²) < 4.78 is 45.4. The number of halogens is 4. The lowest BCUT2D eigenvalue weighted by Gasteiger charge is -2.14. The van der Waals surface area contributed by atoms with Crippen LogP contribution in [0.4, 0.5) is 24.8 Å². The van der Waals surface area contributed by atoms with E-state index in [1.54, 1.807) is 6.07 Å². The molecule has 1 aromatic heterocycles. The molecular weight excluding hydrogens is 434 g/mol. The molecule has 0 aliphatic carbocycles. The van der Waals surface area contributed by atoms with E-state index in [1.165, 1.54) is 0 Å². The smallest absolute Gasteiger partial charge is 0.423 e. The van der Waals surface area contributed by atoms with Gasteiger partial charge in [-0.15, -0.1) is 0 Å². The lowest BCUT2D eigenvalue weighted by Crippen LogP contribution is -2.13. The van der Waals surface area contributed by atoms with Gasteiger partial charge in [-0.1, -0.05) is 25.8 Å². The number of nitrogens with zero attached hydrogens (tertiary/aromatic N) is 2. The first-order chi connectivity index (χ1) is 11.4. The molecule has 2 rings (SSSR count). The molecule has 130 valence electrons. The highest BCUT2D eigenvalue weighted by molar-refractivity contribution is 14.1. The van der Waals surface area contributed by atoms with Crippen molar-refractivity contribution < 1.29 is 17.9 Å². The van der Waals surface area contributed by atoms with Crippen molar-refractivity contribution in [2.45, 2.75) is 32.4 Å². The molecule has 2 aromatic rings. The van der Waals surface area contributed by atoms with Gasteiger partial charge in [0.25, 0.3) is 0 Å². The summed E-state index contributed by atoms with van der Waals surface area (Å²) in [5, 5.41) is 2.89. The summed E-state index contributed by atoms with van der Waals surface area (Å²) >= 11 is 2.14. The Hall–Kier alpha value is -1.58. The molecule has 4 nitrogen and oxygen atoms in total. The van der Waals surface area contributed by atoms with E-state index in [-0.39, 0.29) is 12.6 Å². The Morgan fingerprint density at radius 3 is 2.71 bits per heavy atom. The van der Waals surface area contributed by atoms with Gasteiger partial charge in [0.2, 0.25) is 11.8 Å². The van der Waals surface area contributed by atoms with Crippen LogP contribution in [0.1, 0.15) is 31.7 Å². The van der Waals surface area contributed by atoms with Gasteiger partial charge < -0.3 is 10.1 Å². The number of rotatable bonds is 7. The molecule has 0 amide bonds. The van der Waals surface area contributed by atoms with Crippen LogP contribution in [0.2, 0.25) is 0 Å². The Kier molecular flexibility index (Phi) is 6.64. The van der Waals surface area contributed by atoms with Crippen molar-refractivity contribution in [3.05, 3.63) is 39.6 Å². The van der Waals surface area contributed by atoms with Crippen LogP contribution in [0.15, 0.2) is 30.5 Å². The first-order valence-electron chi connectivity index (χ1n) is 7.49. The van der Waals surface area contributed by atoms with Gasteiger partial charge in [0.05, 0.1) is 6.61 Å². The summed E-state index contributed by atoms with van der Waals surface area (Å²) in [6.45, 7) is 2.20. The number of ether oxygens (including phenoxy) is 1. The van der Waals surface area contributed by atoms with Crippen LogP contribution in [-0.2, 0) is 6.18 Å². The zero-order valence-corrected chi connectivity index (χ0v) is 15.2. The van der Waals surface area contributed by atoms with Gasteiger partial charge in [0.1, 0.15) is 5.56 Å². The molecular formula is C16H17F3IN3O. The van der Waals surface area contributed by atoms with Crippen LogP contribution in [0.25, 0.3) is 0 Å². The topological polar surface area (TPSA) is 47.0 Å². The molecule has 0 saturated carbocycles. The van der Waals surface area contributed by atoms with Gasteiger partial charge in [0, 0.05) is 15.5 Å². The molecule has 0 atom stereocenters. The minimum absolute atomic E-state index is 0.0653. The van der Waals surface area contributed by atoms with Gasteiger partial charge in [-0.3, -0.25) is 0 Å². The monoisotopic (exact) mass is 451 g/mol. The molecule has 0 saturated heterocycles. The number of benzene rings is 1. The quantitative estimate of drug-likeness (QED) is 0.452. The summed E-state index contributed by atoms with van der Waals surface area (Å²) in [6, 6.07) is 7.35. The SMILES string of the molecule is CCCCCOc1nc(Nc2cccc(I)c2)ncc1C(F)(F)F. The maximum atomic E-state index is 13.1. The maximum Gasteiger partial charge on any atom is 0.423 e. The number of hydrogen-bond donors (Lipinski definition) is 1. The molecule has 0 unspecified atom stereocenters. The van der Waals surface area contributed by atoms with Gasteiger partial charge in [-0.2, -0.15) is 18.2 Å². The largest absolute Gasteiger partial charge is 0.477 e. The zero-order valence-electron chi connectivity index (χ0n) is 13.0. The van der Waals surface area contributed by atoms with E-state index in [0.29, 0.717) is 12.1 Å². The minimum Gasteiger partial charge on any atom is -0.477 e. The second-order valence-electron chi connectivity index (χ2n) is 5.10. The Labute approximate surface area is 152 Å². The standard InChI is InChI=1S/C16H17F3IN3O/c1-2-3-4-8-24-14-13(16(17,18)19)10-21-15(23-14)22-12-7-5-6-11(20)9-12/h5-7,9-10H,2-4,8H2,1H3,(H,21,22,23). The van der Waals surface area contributed by atoms with E-state index in [4.69, 9.17) is 4.74 Å². The fourth-order valence-electron chi connectivity index (χ4n) is 1.95. The van der Waals surface area contributed by atoms with E-state index >= 15 is 0 Å². The van der Waals surface area contributed by atoms with Crippen molar-refractivity contribution in [2.24, 2.45) is 0 Å². The Morgan fingerprint density at radius 2 is 2.04 bits per heavy atom. The van der Waals surface area contributed by atoms with Crippen LogP contribution < -0.4 is 10.1 Å². The van der Waals surface area contributed by atoms with Crippen LogP contribution in [-0.4, -0.2) is 16.6 Å². The van der Waals surface area contributed by atoms with Gasteiger partial charge in [-0.05, 0) is 47.2 Å². The highest BCUT2D eigenvalue weighted by atomic mass is 127. The third-order valence-electron chi connectivity index (χ3n) is 3.13. The highest BCUT2D eigenvalue weighted by Crippen LogP contribution is 2.35. The first-order valence-corrected chi connectivity index (χ1v) is 8.57. The fraction of sp³-hybridized carbons (Fsp3) is 0.375. The third kappa shape index (κ3) is 5.50. The fourth-order valence-corrected chi connectivity index (χ4v) is 2.49. The molecule has 0 aliphatic heterocycles. The predicted molar refractivity (Wildman–Crippen MR) is 94.5 cm³/mol. The van der Waals surface area contributed by atoms with Gasteiger partial charge in [0.15, 0.2) is 0 Å². The Bertz CT molecular complexity index is 680. The lowest BCUT2D eigenvalue weighted by molar-refractivity contribution is -0.139. The van der Waals surface area contributed by atoms with E-state index in [0.717, 1.165) is 22.6 Å². The lowest BCUT2D eigenvalue weighted by atomic mass is 10.3. The van der Waals surface area contributed by atoms with Crippen molar-refractivity contribution in [1.82, 2.24) is 9.97 Å². The maximum absolute atomic E-state index is 13.1. The van der Waals surface area contributed by atoms with Gasteiger partial charge in [-0.25, -0.2) is 4.98 Å². The van der Waals surface area contributed by atoms with E-state index in [9.17, 15) is 13.2 Å². The number of aromatic nitrogens is 2. The summed E-state index contributed by atoms with van der Waals surface area (Å²) in [5.74, 6) is -0.378. The van der Waals surface area contributed by atoms with Crippen molar-refractivity contribution in [3.63, 3.8) is 0 Å². The Morgan fingerprint density at radius 1 is 1.25 bits per heavy atom. The van der Waals surface area contributed by atoms with Crippen molar-refractivity contribution >= 4 is 34.2 Å². The summed E-state index contributed by atoms with van der Waals surface area (Å²) in [4.78, 5) is 7.65. The second-order valence-corrected chi connectivity index (χ2v) is 6.35. The number of anilines is 2. The molecule has 24 heavy (non-hydrogen) atoms. The molecule has 8 heteroatoms. The molecule has 1 heterocycles. The number of unbranched alkanes of at least 4 members (excludes halogenated alkanes) is 2. The first kappa shape index (κ1) is 18.8. The third-order valence-corrected chi connectivity index (χ3v) is 3.80. The summed E-state index contributed by atoms with van der Waals surface area (Å²) in [6.07, 6.45) is -1.28. The molecule has 1 N–H and O–H groups in total. The van der Waals surface area contributed by atoms with Crippen molar-refractivity contribution in [3.8, 4) is 5.88 Å². The van der Waals surface area contributed by atoms with E-state index in [2.05, 4.69) is 37.9 Å². The van der Waals surface area contributed by atoms with Crippen LogP contribution in [0.5, 0.6) is 5.88 Å². The summed E-state index contributed by atoms with van der Waals surface area (Å²) in [7, 11) is 0. The van der Waals surface area contributed by atoms with Crippen molar-refractivity contribution in [1.29, 1.82) is 0 Å². The number of hydrogen-bond acceptors (Lipinski definition) is 4. The van der Waals surface area contributed by atoms with Crippen LogP contribution in [0.3, 0.4) is 0 Å². The van der Waals surface area contributed by atoms with E-state index in [1.807, 2.05) is 25.1 Å². The average Bonchev–Trinajstić information content (AvgIpc) is 2.51. The normalized spacial score (nSPS) is 11.4. The predicted octanol–water partition coefficient (Wildman–Crippen LogP) is 5.41. The van der Waals surface area contributed by atoms with Crippen molar-refractivity contribution in [2.75, 3.05) is 11.9 Å². The number of nitrogens with one attached hydrogen (secondary N) is 1. The molecule has 0 radical (unpaired) electrons. The second kappa shape index (κ2) is 8.50. The Balaban J connectivity index is 2.20. The molecule has 0 spiro atoms. The zero-order chi connectivity index (χ0) is 17.6. The summed E-state index contributed by atoms with van der Waals surface area (Å²) in [5.41, 5.74) is -0.272. The van der Waals surface area contributed by atoms with Crippen LogP contribution in [0, 0.1) is 3.57 Å². The van der Waals surface area contributed by atoms with Gasteiger partial charge >= 0.3 is 6.18 Å². The highest BCUT2D eigenvalue weighted by Gasteiger charge is 2.36. The average molecular weight is 451 g/mol. The molecule has 0 bridgehead atoms. The van der Waals surface area contributed by atoms with Crippen LogP contribution >= 0.6 is 22.6 Å². The molecule has 0 fully saturated rings. The van der Waals surface area contributed by atoms with E-state index < -0.39 is 17.6 Å². The molecule has 1 aromatic carbocycles. The molecule has 0 aliphatic rings. The number of alkyl halides is 3.